The summed E-state index contributed by atoms with van der Waals surface area (Å²) < 4.78 is 0. The molecule has 1 aromatic carbocycles. The number of aliphatic imine (C=N–C) groups is 1. The summed E-state index contributed by atoms with van der Waals surface area (Å²) >= 11 is 6.28. The van der Waals surface area contributed by atoms with Gasteiger partial charge in [0.05, 0.1) is 17.3 Å². The molecule has 0 bridgehead atoms. The minimum atomic E-state index is -0.333. The first kappa shape index (κ1) is 18.3. The Morgan fingerprint density at radius 3 is 2.58 bits per heavy atom. The maximum atomic E-state index is 11.6. The van der Waals surface area contributed by atoms with E-state index in [1.54, 1.807) is 7.05 Å². The van der Waals surface area contributed by atoms with Gasteiger partial charge < -0.3 is 20.4 Å². The third-order valence-electron chi connectivity index (χ3n) is 4.54. The highest BCUT2D eigenvalue weighted by Crippen LogP contribution is 2.25. The second kappa shape index (κ2) is 8.27. The summed E-state index contributed by atoms with van der Waals surface area (Å²) in [6.07, 6.45) is 0. The van der Waals surface area contributed by atoms with E-state index in [9.17, 15) is 9.59 Å². The molecule has 0 radical (unpaired) electrons. The monoisotopic (exact) mass is 378 g/mol. The Morgan fingerprint density at radius 2 is 1.96 bits per heavy atom. The highest BCUT2D eigenvalue weighted by atomic mass is 35.5. The summed E-state index contributed by atoms with van der Waals surface area (Å²) in [6.45, 7) is 4.19. The van der Waals surface area contributed by atoms with Crippen LogP contribution in [0.25, 0.3) is 0 Å². The molecular formula is C17H23ClN6O2. The zero-order chi connectivity index (χ0) is 18.5. The van der Waals surface area contributed by atoms with Crippen LogP contribution >= 0.6 is 11.6 Å². The molecule has 0 atom stereocenters. The van der Waals surface area contributed by atoms with Gasteiger partial charge in [-0.05, 0) is 12.1 Å². The SMILES string of the molecule is CN=C(NCCN1C(=O)CNC1=O)N1CCN(c2ccccc2Cl)CC1. The van der Waals surface area contributed by atoms with Gasteiger partial charge in [0.1, 0.15) is 0 Å². The lowest BCUT2D eigenvalue weighted by atomic mass is 10.2. The molecule has 0 aliphatic carbocycles. The third-order valence-corrected chi connectivity index (χ3v) is 4.86. The molecule has 2 N–H and O–H groups in total. The average molecular weight is 379 g/mol. The lowest BCUT2D eigenvalue weighted by molar-refractivity contribution is -0.124. The van der Waals surface area contributed by atoms with E-state index in [4.69, 9.17) is 11.6 Å². The quantitative estimate of drug-likeness (QED) is 0.455. The van der Waals surface area contributed by atoms with E-state index < -0.39 is 0 Å². The largest absolute Gasteiger partial charge is 0.367 e. The number of guanidine groups is 1. The number of nitrogens with zero attached hydrogens (tertiary/aromatic N) is 4. The molecule has 3 amide bonds. The van der Waals surface area contributed by atoms with Crippen LogP contribution in [0.1, 0.15) is 0 Å². The number of para-hydroxylation sites is 1. The standard InChI is InChI=1S/C17H23ClN6O2/c1-19-16(20-6-7-24-15(25)12-21-17(24)26)23-10-8-22(9-11-23)14-5-3-2-4-13(14)18/h2-5H,6-12H2,1H3,(H,19,20)(H,21,26). The van der Waals surface area contributed by atoms with Gasteiger partial charge in [-0.15, -0.1) is 0 Å². The Labute approximate surface area is 157 Å². The molecule has 140 valence electrons. The number of hydrogen-bond donors (Lipinski definition) is 2. The molecule has 0 aromatic heterocycles. The number of carbonyl (C=O) groups is 2. The second-order valence-electron chi connectivity index (χ2n) is 6.10. The maximum Gasteiger partial charge on any atom is 0.324 e. The van der Waals surface area contributed by atoms with Crippen LogP contribution < -0.4 is 15.5 Å². The zero-order valence-corrected chi connectivity index (χ0v) is 15.5. The molecule has 0 saturated carbocycles. The van der Waals surface area contributed by atoms with Gasteiger partial charge in [-0.3, -0.25) is 14.7 Å². The third kappa shape index (κ3) is 4.01. The van der Waals surface area contributed by atoms with Crippen molar-refractivity contribution in [3.63, 3.8) is 0 Å². The average Bonchev–Trinajstić information content (AvgIpc) is 2.98. The van der Waals surface area contributed by atoms with Gasteiger partial charge in [0, 0.05) is 46.3 Å². The van der Waals surface area contributed by atoms with Crippen LogP contribution in [-0.2, 0) is 4.79 Å². The number of imide groups is 1. The number of nitrogens with one attached hydrogen (secondary N) is 2. The van der Waals surface area contributed by atoms with Gasteiger partial charge in [-0.1, -0.05) is 23.7 Å². The van der Waals surface area contributed by atoms with Crippen molar-refractivity contribution in [3.8, 4) is 0 Å². The van der Waals surface area contributed by atoms with E-state index in [2.05, 4.69) is 25.4 Å². The summed E-state index contributed by atoms with van der Waals surface area (Å²) in [5.41, 5.74) is 1.05. The lowest BCUT2D eigenvalue weighted by Crippen LogP contribution is -2.53. The number of hydrogen-bond acceptors (Lipinski definition) is 4. The van der Waals surface area contributed by atoms with Gasteiger partial charge in [-0.2, -0.15) is 0 Å². The summed E-state index contributed by atoms with van der Waals surface area (Å²) in [7, 11) is 1.73. The Hall–Kier alpha value is -2.48. The number of halogens is 1. The zero-order valence-electron chi connectivity index (χ0n) is 14.7. The van der Waals surface area contributed by atoms with E-state index in [-0.39, 0.29) is 18.5 Å². The van der Waals surface area contributed by atoms with Crippen molar-refractivity contribution < 1.29 is 9.59 Å². The molecule has 1 aromatic rings. The summed E-state index contributed by atoms with van der Waals surface area (Å²) in [5, 5.41) is 6.50. The molecule has 0 unspecified atom stereocenters. The normalized spacial score (nSPS) is 18.4. The van der Waals surface area contributed by atoms with Crippen LogP contribution in [0.5, 0.6) is 0 Å². The Balaban J connectivity index is 1.49. The highest BCUT2D eigenvalue weighted by Gasteiger charge is 2.28. The van der Waals surface area contributed by atoms with E-state index in [0.29, 0.717) is 13.1 Å². The predicted molar refractivity (Wildman–Crippen MR) is 102 cm³/mol. The van der Waals surface area contributed by atoms with Crippen LogP contribution in [-0.4, -0.2) is 80.6 Å². The minimum Gasteiger partial charge on any atom is -0.367 e. The fourth-order valence-electron chi connectivity index (χ4n) is 3.16. The molecule has 8 nitrogen and oxygen atoms in total. The number of amides is 3. The number of carbonyl (C=O) groups excluding carboxylic acids is 2. The van der Waals surface area contributed by atoms with E-state index in [1.165, 1.54) is 4.90 Å². The van der Waals surface area contributed by atoms with Crippen molar-refractivity contribution in [1.29, 1.82) is 0 Å². The fraction of sp³-hybridized carbons (Fsp3) is 0.471. The Morgan fingerprint density at radius 1 is 1.23 bits per heavy atom. The molecule has 3 rings (SSSR count). The van der Waals surface area contributed by atoms with Crippen LogP contribution in [0.3, 0.4) is 0 Å². The molecule has 2 fully saturated rings. The van der Waals surface area contributed by atoms with Crippen LogP contribution in [0.2, 0.25) is 5.02 Å². The molecule has 2 saturated heterocycles. The summed E-state index contributed by atoms with van der Waals surface area (Å²) in [4.78, 5) is 33.1. The van der Waals surface area contributed by atoms with Crippen molar-refractivity contribution in [3.05, 3.63) is 29.3 Å². The van der Waals surface area contributed by atoms with Gasteiger partial charge in [-0.25, -0.2) is 4.79 Å². The van der Waals surface area contributed by atoms with E-state index >= 15 is 0 Å². The summed E-state index contributed by atoms with van der Waals surface area (Å²) in [5.74, 6) is 0.580. The Bertz CT molecular complexity index is 686. The van der Waals surface area contributed by atoms with Crippen molar-refractivity contribution in [1.82, 2.24) is 20.4 Å². The molecule has 26 heavy (non-hydrogen) atoms. The van der Waals surface area contributed by atoms with Crippen LogP contribution in [0, 0.1) is 0 Å². The first-order valence-corrected chi connectivity index (χ1v) is 9.01. The first-order chi connectivity index (χ1) is 12.6. The smallest absolute Gasteiger partial charge is 0.324 e. The van der Waals surface area contributed by atoms with Gasteiger partial charge in [0.2, 0.25) is 5.91 Å². The second-order valence-corrected chi connectivity index (χ2v) is 6.51. The van der Waals surface area contributed by atoms with Crippen molar-refractivity contribution in [2.75, 3.05) is 57.8 Å². The lowest BCUT2D eigenvalue weighted by Gasteiger charge is -2.38. The molecule has 0 spiro atoms. The van der Waals surface area contributed by atoms with Crippen LogP contribution in [0.4, 0.5) is 10.5 Å². The van der Waals surface area contributed by atoms with E-state index in [1.807, 2.05) is 24.3 Å². The van der Waals surface area contributed by atoms with Crippen molar-refractivity contribution in [2.45, 2.75) is 0 Å². The molecule has 2 heterocycles. The Kier molecular flexibility index (Phi) is 5.82. The number of piperazine rings is 1. The maximum absolute atomic E-state index is 11.6. The molecule has 2 aliphatic heterocycles. The van der Waals surface area contributed by atoms with E-state index in [0.717, 1.165) is 42.8 Å². The predicted octanol–water partition coefficient (Wildman–Crippen LogP) is 0.589. The van der Waals surface area contributed by atoms with Gasteiger partial charge >= 0.3 is 6.03 Å². The summed E-state index contributed by atoms with van der Waals surface area (Å²) in [6, 6.07) is 7.52. The number of anilines is 1. The van der Waals surface area contributed by atoms with Crippen molar-refractivity contribution >= 4 is 35.2 Å². The van der Waals surface area contributed by atoms with Crippen molar-refractivity contribution in [2.24, 2.45) is 4.99 Å². The number of rotatable bonds is 4. The minimum absolute atomic E-state index is 0.0809. The number of benzene rings is 1. The first-order valence-electron chi connectivity index (χ1n) is 8.63. The highest BCUT2D eigenvalue weighted by molar-refractivity contribution is 6.33. The van der Waals surface area contributed by atoms with Gasteiger partial charge in [0.15, 0.2) is 5.96 Å². The molecule has 9 heteroatoms. The van der Waals surface area contributed by atoms with Gasteiger partial charge in [0.25, 0.3) is 0 Å². The molecular weight excluding hydrogens is 356 g/mol. The molecule has 2 aliphatic rings. The van der Waals surface area contributed by atoms with Crippen LogP contribution in [0.15, 0.2) is 29.3 Å². The topological polar surface area (TPSA) is 80.3 Å². The fourth-order valence-corrected chi connectivity index (χ4v) is 3.42. The number of urea groups is 1.